The minimum Gasteiger partial charge on any atom is -0.452 e. The van der Waals surface area contributed by atoms with E-state index in [1.165, 1.54) is 6.92 Å². The summed E-state index contributed by atoms with van der Waals surface area (Å²) in [5.41, 5.74) is 0.552. The fraction of sp³-hybridized carbons (Fsp3) is 0.500. The normalized spacial score (nSPS) is 18.9. The number of benzene rings is 1. The first-order valence-electron chi connectivity index (χ1n) is 7.91. The summed E-state index contributed by atoms with van der Waals surface area (Å²) in [5.74, 6) is -1.10. The van der Waals surface area contributed by atoms with Crippen LogP contribution in [0.5, 0.6) is 0 Å². The lowest BCUT2D eigenvalue weighted by Gasteiger charge is -2.28. The number of nitrogens with zero attached hydrogens (tertiary/aromatic N) is 1. The highest BCUT2D eigenvalue weighted by Crippen LogP contribution is 2.31. The Hall–Kier alpha value is -2.37. The van der Waals surface area contributed by atoms with Crippen LogP contribution in [0.4, 0.5) is 4.79 Å². The van der Waals surface area contributed by atoms with E-state index in [1.807, 2.05) is 51.1 Å². The molecular formula is C18H23NO5. The predicted octanol–water partition coefficient (Wildman–Crippen LogP) is 3.07. The Bertz CT molecular complexity index is 620. The van der Waals surface area contributed by atoms with Gasteiger partial charge in [-0.05, 0) is 17.4 Å². The van der Waals surface area contributed by atoms with Crippen molar-refractivity contribution in [2.75, 3.05) is 6.61 Å². The number of hydrogen-bond acceptors (Lipinski definition) is 5. The highest BCUT2D eigenvalue weighted by atomic mass is 16.6. The molecular weight excluding hydrogens is 310 g/mol. The first-order chi connectivity index (χ1) is 11.2. The first kappa shape index (κ1) is 18.0. The lowest BCUT2D eigenvalue weighted by molar-refractivity contribution is -0.159. The molecule has 6 heteroatoms. The molecule has 0 aromatic heterocycles. The number of ether oxygens (including phenoxy) is 2. The van der Waals surface area contributed by atoms with Crippen molar-refractivity contribution in [2.24, 2.45) is 5.41 Å². The largest absolute Gasteiger partial charge is 0.452 e. The van der Waals surface area contributed by atoms with Crippen molar-refractivity contribution in [2.45, 2.75) is 46.3 Å². The van der Waals surface area contributed by atoms with Gasteiger partial charge in [-0.15, -0.1) is 0 Å². The fourth-order valence-electron chi connectivity index (χ4n) is 2.68. The molecule has 6 nitrogen and oxygen atoms in total. The van der Waals surface area contributed by atoms with Crippen molar-refractivity contribution < 1.29 is 23.9 Å². The molecule has 1 heterocycles. The van der Waals surface area contributed by atoms with Crippen molar-refractivity contribution >= 4 is 18.0 Å². The van der Waals surface area contributed by atoms with Gasteiger partial charge in [-0.2, -0.15) is 0 Å². The van der Waals surface area contributed by atoms with Gasteiger partial charge in [0.25, 0.3) is 5.91 Å². The lowest BCUT2D eigenvalue weighted by Crippen LogP contribution is -2.44. The third-order valence-electron chi connectivity index (χ3n) is 3.68. The number of esters is 1. The summed E-state index contributed by atoms with van der Waals surface area (Å²) in [5, 5.41) is 0. The van der Waals surface area contributed by atoms with Gasteiger partial charge in [-0.1, -0.05) is 51.1 Å². The lowest BCUT2D eigenvalue weighted by atomic mass is 9.88. The van der Waals surface area contributed by atoms with Gasteiger partial charge in [0, 0.05) is 6.92 Å². The van der Waals surface area contributed by atoms with Crippen LogP contribution in [0.25, 0.3) is 0 Å². The van der Waals surface area contributed by atoms with Crippen LogP contribution in [0.15, 0.2) is 30.3 Å². The quantitative estimate of drug-likeness (QED) is 0.792. The topological polar surface area (TPSA) is 72.9 Å². The van der Waals surface area contributed by atoms with E-state index in [9.17, 15) is 14.4 Å². The van der Waals surface area contributed by atoms with E-state index in [0.29, 0.717) is 6.42 Å². The third-order valence-corrected chi connectivity index (χ3v) is 3.68. The van der Waals surface area contributed by atoms with Crippen LogP contribution in [0, 0.1) is 5.41 Å². The second-order valence-corrected chi connectivity index (χ2v) is 7.07. The molecule has 0 saturated carbocycles. The molecule has 1 saturated heterocycles. The molecule has 2 atom stereocenters. The summed E-state index contributed by atoms with van der Waals surface area (Å²) in [7, 11) is 0. The van der Waals surface area contributed by atoms with E-state index < -0.39 is 30.1 Å². The summed E-state index contributed by atoms with van der Waals surface area (Å²) in [4.78, 5) is 37.4. The maximum absolute atomic E-state index is 12.9. The number of cyclic esters (lactones) is 1. The van der Waals surface area contributed by atoms with E-state index in [0.717, 1.165) is 10.5 Å². The Kier molecular flexibility index (Phi) is 5.26. The van der Waals surface area contributed by atoms with Gasteiger partial charge in [0.15, 0.2) is 6.10 Å². The van der Waals surface area contributed by atoms with Crippen LogP contribution in [0.2, 0.25) is 0 Å². The molecule has 0 aliphatic carbocycles. The zero-order valence-electron chi connectivity index (χ0n) is 14.4. The average Bonchev–Trinajstić information content (AvgIpc) is 2.86. The van der Waals surface area contributed by atoms with Crippen LogP contribution in [0.3, 0.4) is 0 Å². The summed E-state index contributed by atoms with van der Waals surface area (Å²) < 4.78 is 10.3. The molecule has 0 N–H and O–H groups in total. The standard InChI is InChI=1S/C18H23NO5/c1-12(20)24-15(10-18(2,3)4)16(21)19-14(11-23-17(19)22)13-8-6-5-7-9-13/h5-9,14-15H,10-11H2,1-4H3/t14-,15+/m0/s1. The summed E-state index contributed by atoms with van der Waals surface area (Å²) in [6.45, 7) is 7.16. The molecule has 24 heavy (non-hydrogen) atoms. The van der Waals surface area contributed by atoms with Crippen LogP contribution in [0.1, 0.15) is 45.7 Å². The molecule has 0 spiro atoms. The number of carbonyl (C=O) groups excluding carboxylic acids is 3. The van der Waals surface area contributed by atoms with Crippen molar-refractivity contribution in [3.63, 3.8) is 0 Å². The maximum Gasteiger partial charge on any atom is 0.417 e. The highest BCUT2D eigenvalue weighted by molar-refractivity contribution is 5.96. The molecule has 1 aliphatic heterocycles. The Balaban J connectivity index is 2.28. The Morgan fingerprint density at radius 1 is 1.29 bits per heavy atom. The Morgan fingerprint density at radius 2 is 1.92 bits per heavy atom. The minimum atomic E-state index is -1.01. The van der Waals surface area contributed by atoms with Gasteiger partial charge in [-0.25, -0.2) is 9.69 Å². The van der Waals surface area contributed by atoms with Gasteiger partial charge in [0.05, 0.1) is 0 Å². The number of rotatable bonds is 4. The molecule has 2 rings (SSSR count). The van der Waals surface area contributed by atoms with Crippen molar-refractivity contribution in [1.29, 1.82) is 0 Å². The van der Waals surface area contributed by atoms with Gasteiger partial charge >= 0.3 is 12.1 Å². The third kappa shape index (κ3) is 4.34. The number of imide groups is 1. The molecule has 0 unspecified atom stereocenters. The zero-order valence-corrected chi connectivity index (χ0v) is 14.4. The van der Waals surface area contributed by atoms with Crippen molar-refractivity contribution in [3.8, 4) is 0 Å². The van der Waals surface area contributed by atoms with E-state index in [4.69, 9.17) is 9.47 Å². The van der Waals surface area contributed by atoms with E-state index in [1.54, 1.807) is 0 Å². The van der Waals surface area contributed by atoms with Gasteiger partial charge in [0.1, 0.15) is 12.6 Å². The molecule has 2 amide bonds. The molecule has 130 valence electrons. The fourth-order valence-corrected chi connectivity index (χ4v) is 2.68. The van der Waals surface area contributed by atoms with Crippen LogP contribution in [-0.4, -0.2) is 35.6 Å². The minimum absolute atomic E-state index is 0.0941. The number of hydrogen-bond donors (Lipinski definition) is 0. The first-order valence-corrected chi connectivity index (χ1v) is 7.91. The maximum atomic E-state index is 12.9. The number of amides is 2. The van der Waals surface area contributed by atoms with Crippen LogP contribution in [-0.2, 0) is 19.1 Å². The Morgan fingerprint density at radius 3 is 2.46 bits per heavy atom. The number of carbonyl (C=O) groups is 3. The zero-order chi connectivity index (χ0) is 17.9. The summed E-state index contributed by atoms with van der Waals surface area (Å²) >= 11 is 0. The molecule has 1 aromatic carbocycles. The molecule has 1 aliphatic rings. The van der Waals surface area contributed by atoms with Crippen LogP contribution < -0.4 is 0 Å². The Labute approximate surface area is 141 Å². The second kappa shape index (κ2) is 7.03. The van der Waals surface area contributed by atoms with E-state index in [-0.39, 0.29) is 12.0 Å². The summed E-state index contributed by atoms with van der Waals surface area (Å²) in [6, 6.07) is 8.67. The van der Waals surface area contributed by atoms with Crippen LogP contribution >= 0.6 is 0 Å². The van der Waals surface area contributed by atoms with Gasteiger partial charge in [0.2, 0.25) is 0 Å². The van der Waals surface area contributed by atoms with Crippen molar-refractivity contribution in [3.05, 3.63) is 35.9 Å². The van der Waals surface area contributed by atoms with E-state index >= 15 is 0 Å². The van der Waals surface area contributed by atoms with Gasteiger partial charge in [-0.3, -0.25) is 9.59 Å². The highest BCUT2D eigenvalue weighted by Gasteiger charge is 2.43. The SMILES string of the molecule is CC(=O)O[C@H](CC(C)(C)C)C(=O)N1C(=O)OC[C@H]1c1ccccc1. The molecule has 0 radical (unpaired) electrons. The molecule has 0 bridgehead atoms. The van der Waals surface area contributed by atoms with E-state index in [2.05, 4.69) is 0 Å². The van der Waals surface area contributed by atoms with Gasteiger partial charge < -0.3 is 9.47 Å². The second-order valence-electron chi connectivity index (χ2n) is 7.07. The smallest absolute Gasteiger partial charge is 0.417 e. The predicted molar refractivity (Wildman–Crippen MR) is 87.0 cm³/mol. The molecule has 1 aromatic rings. The van der Waals surface area contributed by atoms with Crippen molar-refractivity contribution in [1.82, 2.24) is 4.90 Å². The average molecular weight is 333 g/mol. The summed E-state index contributed by atoms with van der Waals surface area (Å²) in [6.07, 6.45) is -1.41. The molecule has 1 fully saturated rings. The monoisotopic (exact) mass is 333 g/mol.